The molecule has 0 spiro atoms. The Labute approximate surface area is 106 Å². The van der Waals surface area contributed by atoms with E-state index in [9.17, 15) is 9.18 Å². The van der Waals surface area contributed by atoms with Crippen molar-refractivity contribution in [2.75, 3.05) is 13.7 Å². The van der Waals surface area contributed by atoms with Gasteiger partial charge in [0.25, 0.3) is 0 Å². The second kappa shape index (κ2) is 5.06. The standard InChI is InChI=1S/C14H18FNO2/c1-3-14(8-5-9-16-14)13(17)10-6-4-7-11(18-2)12(10)15/h4,6-7,16H,3,5,8-9H2,1-2H3. The fourth-order valence-corrected chi connectivity index (χ4v) is 2.56. The molecule has 0 aromatic heterocycles. The van der Waals surface area contributed by atoms with E-state index in [0.717, 1.165) is 19.4 Å². The molecule has 1 fully saturated rings. The zero-order valence-corrected chi connectivity index (χ0v) is 10.8. The van der Waals surface area contributed by atoms with E-state index in [1.807, 2.05) is 6.92 Å². The minimum atomic E-state index is -0.604. The van der Waals surface area contributed by atoms with Crippen molar-refractivity contribution < 1.29 is 13.9 Å². The van der Waals surface area contributed by atoms with Crippen molar-refractivity contribution in [2.45, 2.75) is 31.7 Å². The highest BCUT2D eigenvalue weighted by Crippen LogP contribution is 2.30. The summed E-state index contributed by atoms with van der Waals surface area (Å²) in [7, 11) is 1.40. The molecule has 0 aliphatic carbocycles. The van der Waals surface area contributed by atoms with Crippen LogP contribution >= 0.6 is 0 Å². The molecule has 1 aromatic rings. The third-order valence-corrected chi connectivity index (χ3v) is 3.71. The maximum Gasteiger partial charge on any atom is 0.185 e. The van der Waals surface area contributed by atoms with Crippen LogP contribution in [0.15, 0.2) is 18.2 Å². The molecule has 1 aromatic carbocycles. The van der Waals surface area contributed by atoms with Crippen molar-refractivity contribution in [1.29, 1.82) is 0 Å². The topological polar surface area (TPSA) is 38.3 Å². The lowest BCUT2D eigenvalue weighted by Crippen LogP contribution is -2.47. The minimum absolute atomic E-state index is 0.116. The lowest BCUT2D eigenvalue weighted by Gasteiger charge is -2.26. The van der Waals surface area contributed by atoms with Gasteiger partial charge in [0.15, 0.2) is 17.3 Å². The highest BCUT2D eigenvalue weighted by Gasteiger charge is 2.40. The van der Waals surface area contributed by atoms with Gasteiger partial charge in [0.05, 0.1) is 18.2 Å². The number of carbonyl (C=O) groups is 1. The average molecular weight is 251 g/mol. The smallest absolute Gasteiger partial charge is 0.185 e. The first kappa shape index (κ1) is 13.0. The molecule has 4 heteroatoms. The number of ether oxygens (including phenoxy) is 1. The maximum atomic E-state index is 14.1. The van der Waals surface area contributed by atoms with Crippen molar-refractivity contribution in [1.82, 2.24) is 5.32 Å². The van der Waals surface area contributed by atoms with Gasteiger partial charge in [-0.15, -0.1) is 0 Å². The van der Waals surface area contributed by atoms with Gasteiger partial charge in [-0.2, -0.15) is 0 Å². The Balaban J connectivity index is 2.39. The van der Waals surface area contributed by atoms with Gasteiger partial charge >= 0.3 is 0 Å². The molecule has 1 saturated heterocycles. The van der Waals surface area contributed by atoms with Gasteiger partial charge in [0, 0.05) is 0 Å². The number of nitrogens with one attached hydrogen (secondary N) is 1. The van der Waals surface area contributed by atoms with E-state index in [-0.39, 0.29) is 17.1 Å². The van der Waals surface area contributed by atoms with Gasteiger partial charge in [0.2, 0.25) is 0 Å². The van der Waals surface area contributed by atoms with Crippen LogP contribution in [-0.2, 0) is 0 Å². The largest absolute Gasteiger partial charge is 0.494 e. The van der Waals surface area contributed by atoms with Crippen LogP contribution in [0.4, 0.5) is 4.39 Å². The van der Waals surface area contributed by atoms with E-state index in [2.05, 4.69) is 5.32 Å². The third-order valence-electron chi connectivity index (χ3n) is 3.71. The van der Waals surface area contributed by atoms with E-state index in [1.54, 1.807) is 6.07 Å². The molecule has 1 heterocycles. The number of Topliss-reactive ketones (excluding diaryl/α,β-unsaturated/α-hetero) is 1. The summed E-state index contributed by atoms with van der Waals surface area (Å²) in [5, 5.41) is 3.23. The third kappa shape index (κ3) is 2.01. The number of methoxy groups -OCH3 is 1. The van der Waals surface area contributed by atoms with Crippen molar-refractivity contribution in [3.05, 3.63) is 29.6 Å². The summed E-state index contributed by atoms with van der Waals surface area (Å²) in [6.07, 6.45) is 2.38. The van der Waals surface area contributed by atoms with Gasteiger partial charge in [-0.05, 0) is 37.9 Å². The zero-order chi connectivity index (χ0) is 13.2. The minimum Gasteiger partial charge on any atom is -0.494 e. The Morgan fingerprint density at radius 1 is 1.56 bits per heavy atom. The summed E-state index contributed by atoms with van der Waals surface area (Å²) in [4.78, 5) is 12.5. The predicted molar refractivity (Wildman–Crippen MR) is 67.5 cm³/mol. The molecule has 0 saturated carbocycles. The van der Waals surface area contributed by atoms with Gasteiger partial charge < -0.3 is 10.1 Å². The number of halogens is 1. The second-order valence-electron chi connectivity index (χ2n) is 4.62. The molecule has 18 heavy (non-hydrogen) atoms. The number of carbonyl (C=O) groups excluding carboxylic acids is 1. The Morgan fingerprint density at radius 3 is 2.89 bits per heavy atom. The van der Waals surface area contributed by atoms with E-state index in [0.29, 0.717) is 6.42 Å². The molecule has 1 aliphatic heterocycles. The fraction of sp³-hybridized carbons (Fsp3) is 0.500. The van der Waals surface area contributed by atoms with Crippen LogP contribution in [0.5, 0.6) is 5.75 Å². The Bertz CT molecular complexity index is 453. The molecule has 2 rings (SSSR count). The molecule has 1 unspecified atom stereocenters. The van der Waals surface area contributed by atoms with E-state index in [1.165, 1.54) is 19.2 Å². The normalized spacial score (nSPS) is 23.1. The van der Waals surface area contributed by atoms with E-state index >= 15 is 0 Å². The van der Waals surface area contributed by atoms with Crippen LogP contribution in [0, 0.1) is 5.82 Å². The Morgan fingerprint density at radius 2 is 2.33 bits per heavy atom. The van der Waals surface area contributed by atoms with Crippen molar-refractivity contribution >= 4 is 5.78 Å². The lowest BCUT2D eigenvalue weighted by molar-refractivity contribution is 0.0858. The Kier molecular flexibility index (Phi) is 3.66. The first-order chi connectivity index (χ1) is 8.64. The van der Waals surface area contributed by atoms with Crippen molar-refractivity contribution in [3.63, 3.8) is 0 Å². The molecule has 1 aliphatic rings. The van der Waals surface area contributed by atoms with Gasteiger partial charge in [0.1, 0.15) is 0 Å². The van der Waals surface area contributed by atoms with Crippen LogP contribution in [0.1, 0.15) is 36.5 Å². The molecule has 0 amide bonds. The van der Waals surface area contributed by atoms with Crippen molar-refractivity contribution in [2.24, 2.45) is 0 Å². The molecular formula is C14H18FNO2. The average Bonchev–Trinajstić information content (AvgIpc) is 2.88. The van der Waals surface area contributed by atoms with Crippen LogP contribution in [0.2, 0.25) is 0 Å². The molecule has 3 nitrogen and oxygen atoms in total. The number of hydrogen-bond acceptors (Lipinski definition) is 3. The highest BCUT2D eigenvalue weighted by atomic mass is 19.1. The number of ketones is 1. The SMILES string of the molecule is CCC1(C(=O)c2cccc(OC)c2F)CCCN1. The van der Waals surface area contributed by atoms with Crippen molar-refractivity contribution in [3.8, 4) is 5.75 Å². The van der Waals surface area contributed by atoms with E-state index in [4.69, 9.17) is 4.74 Å². The molecule has 98 valence electrons. The Hall–Kier alpha value is -1.42. The summed E-state index contributed by atoms with van der Waals surface area (Å²) >= 11 is 0. The van der Waals surface area contributed by atoms with E-state index < -0.39 is 11.4 Å². The maximum absolute atomic E-state index is 14.1. The quantitative estimate of drug-likeness (QED) is 0.836. The first-order valence-corrected chi connectivity index (χ1v) is 6.27. The molecule has 0 radical (unpaired) electrons. The predicted octanol–water partition coefficient (Wildman–Crippen LogP) is 2.55. The summed E-state index contributed by atoms with van der Waals surface area (Å²) in [5.41, 5.74) is -0.488. The molecule has 1 atom stereocenters. The monoisotopic (exact) mass is 251 g/mol. The highest BCUT2D eigenvalue weighted by molar-refractivity contribution is 6.04. The fourth-order valence-electron chi connectivity index (χ4n) is 2.56. The summed E-state index contributed by atoms with van der Waals surface area (Å²) in [6, 6.07) is 4.69. The van der Waals surface area contributed by atoms with Crippen LogP contribution in [0.3, 0.4) is 0 Å². The number of rotatable bonds is 4. The number of benzene rings is 1. The van der Waals surface area contributed by atoms with Crippen LogP contribution in [-0.4, -0.2) is 25.0 Å². The first-order valence-electron chi connectivity index (χ1n) is 6.27. The summed E-state index contributed by atoms with van der Waals surface area (Å²) in [6.45, 7) is 2.76. The zero-order valence-electron chi connectivity index (χ0n) is 10.8. The molecule has 1 N–H and O–H groups in total. The van der Waals surface area contributed by atoms with Crippen LogP contribution < -0.4 is 10.1 Å². The molecule has 0 bridgehead atoms. The summed E-state index contributed by atoms with van der Waals surface area (Å²) in [5.74, 6) is -0.615. The van der Waals surface area contributed by atoms with Gasteiger partial charge in [-0.1, -0.05) is 13.0 Å². The number of hydrogen-bond donors (Lipinski definition) is 1. The van der Waals surface area contributed by atoms with Crippen LogP contribution in [0.25, 0.3) is 0 Å². The van der Waals surface area contributed by atoms with Gasteiger partial charge in [-0.25, -0.2) is 4.39 Å². The second-order valence-corrected chi connectivity index (χ2v) is 4.62. The molecular weight excluding hydrogens is 233 g/mol. The van der Waals surface area contributed by atoms with Gasteiger partial charge in [-0.3, -0.25) is 4.79 Å². The summed E-state index contributed by atoms with van der Waals surface area (Å²) < 4.78 is 19.0. The lowest BCUT2D eigenvalue weighted by atomic mass is 9.85.